The first-order valence-electron chi connectivity index (χ1n) is 11.5. The maximum atomic E-state index is 5.28. The van der Waals surface area contributed by atoms with Crippen LogP contribution in [0.25, 0.3) is 9.96 Å². The van der Waals surface area contributed by atoms with E-state index < -0.39 is 16.5 Å². The summed E-state index contributed by atoms with van der Waals surface area (Å²) in [6.45, 7) is 22.6. The maximum absolute atomic E-state index is 5.28. The van der Waals surface area contributed by atoms with Crippen molar-refractivity contribution in [2.75, 3.05) is 0 Å². The van der Waals surface area contributed by atoms with Crippen molar-refractivity contribution in [2.45, 2.75) is 83.3 Å². The van der Waals surface area contributed by atoms with Gasteiger partial charge < -0.3 is 15.9 Å². The Labute approximate surface area is 219 Å². The van der Waals surface area contributed by atoms with E-state index in [1.165, 1.54) is 12.8 Å². The Balaban J connectivity index is 0.000000545. The molecule has 2 nitrogen and oxygen atoms in total. The molecule has 32 heavy (non-hydrogen) atoms. The van der Waals surface area contributed by atoms with Gasteiger partial charge in [-0.15, -0.1) is 23.4 Å². The second kappa shape index (κ2) is 12.2. The predicted molar refractivity (Wildman–Crippen MR) is 144 cm³/mol. The Morgan fingerprint density at radius 1 is 0.812 bits per heavy atom. The fraction of sp³-hybridized carbons (Fsp3) is 0.481. The number of hydrogen-bond acceptors (Lipinski definition) is 0. The summed E-state index contributed by atoms with van der Waals surface area (Å²) in [6, 6.07) is 20.4. The molecule has 0 aliphatic heterocycles. The minimum Gasteiger partial charge on any atom is -0.688 e. The van der Waals surface area contributed by atoms with Crippen LogP contribution in [0, 0.1) is 12.8 Å². The molecular formula is C27H42N2Si2Zr. The van der Waals surface area contributed by atoms with Crippen LogP contribution in [0.2, 0.25) is 37.3 Å². The molecule has 2 unspecified atom stereocenters. The molecule has 1 aliphatic rings. The van der Waals surface area contributed by atoms with Gasteiger partial charge in [0, 0.05) is 0 Å². The van der Waals surface area contributed by atoms with E-state index in [1.807, 2.05) is 30.3 Å². The van der Waals surface area contributed by atoms with E-state index in [2.05, 4.69) is 91.1 Å². The number of rotatable bonds is 5. The molecule has 1 fully saturated rings. The third-order valence-electron chi connectivity index (χ3n) is 6.19. The van der Waals surface area contributed by atoms with Crippen molar-refractivity contribution in [3.63, 3.8) is 0 Å². The van der Waals surface area contributed by atoms with E-state index in [9.17, 15) is 0 Å². The molecule has 5 heteroatoms. The summed E-state index contributed by atoms with van der Waals surface area (Å²) < 4.78 is 0. The van der Waals surface area contributed by atoms with Gasteiger partial charge in [0.1, 0.15) is 0 Å². The smallest absolute Gasteiger partial charge is 0.688 e. The van der Waals surface area contributed by atoms with E-state index in [1.54, 1.807) is 5.92 Å². The first kappa shape index (κ1) is 29.4. The molecule has 0 aromatic heterocycles. The molecule has 0 saturated heterocycles. The van der Waals surface area contributed by atoms with Crippen LogP contribution in [0.5, 0.6) is 0 Å². The van der Waals surface area contributed by atoms with Crippen LogP contribution in [0.1, 0.15) is 46.1 Å². The van der Waals surface area contributed by atoms with Gasteiger partial charge in [-0.3, -0.25) is 0 Å². The molecule has 1 saturated carbocycles. The molecule has 0 heterocycles. The van der Waals surface area contributed by atoms with Gasteiger partial charge in [-0.1, -0.05) is 113 Å². The van der Waals surface area contributed by atoms with Crippen molar-refractivity contribution in [3.8, 4) is 0 Å². The Kier molecular flexibility index (Phi) is 11.2. The van der Waals surface area contributed by atoms with Crippen LogP contribution in [-0.2, 0) is 26.2 Å². The van der Waals surface area contributed by atoms with Crippen molar-refractivity contribution < 1.29 is 26.2 Å². The van der Waals surface area contributed by atoms with Crippen LogP contribution < -0.4 is 0 Å². The summed E-state index contributed by atoms with van der Waals surface area (Å²) in [5.74, 6) is 1.70. The SMILES string of the molecule is C[C-]1C([Si](C)(C)[N-]c2ccccc2)CCC1[Si](C)(C)[N-]C(C)(C)C.[CH2-]c1ccccc1.[Zr+4]. The maximum Gasteiger partial charge on any atom is 4.00 e. The average Bonchev–Trinajstić information content (AvgIpc) is 3.05. The van der Waals surface area contributed by atoms with Crippen LogP contribution in [0.3, 0.4) is 0 Å². The molecule has 0 radical (unpaired) electrons. The van der Waals surface area contributed by atoms with Crippen molar-refractivity contribution in [2.24, 2.45) is 0 Å². The third kappa shape index (κ3) is 8.97. The molecule has 172 valence electrons. The Morgan fingerprint density at radius 3 is 1.66 bits per heavy atom. The topological polar surface area (TPSA) is 28.2 Å². The molecule has 2 aromatic carbocycles. The average molecular weight is 542 g/mol. The van der Waals surface area contributed by atoms with Gasteiger partial charge >= 0.3 is 26.2 Å². The third-order valence-corrected chi connectivity index (χ3v) is 13.2. The van der Waals surface area contributed by atoms with Crippen LogP contribution in [0.4, 0.5) is 5.69 Å². The zero-order valence-electron chi connectivity index (χ0n) is 21.4. The normalized spacial score (nSPS) is 19.5. The van der Waals surface area contributed by atoms with Gasteiger partial charge in [0.2, 0.25) is 0 Å². The van der Waals surface area contributed by atoms with Crippen molar-refractivity contribution >= 4 is 22.2 Å². The van der Waals surface area contributed by atoms with E-state index in [0.717, 1.165) is 16.8 Å². The standard InChI is InChI=1S/C20H35N2Si2.C7H7.Zr/c1-16-18(23(5,6)21-17-12-10-9-11-13-17)14-15-19(16)24(7,8)22-20(2,3)4;1-7-5-3-2-4-6-7;/h9-13,18-19H,14-15H2,1-8H3;2-6H,1H2;/q-3;-1;+4. The zero-order chi connectivity index (χ0) is 23.3. The zero-order valence-corrected chi connectivity index (χ0v) is 25.9. The van der Waals surface area contributed by atoms with Gasteiger partial charge in [0.25, 0.3) is 0 Å². The monoisotopic (exact) mass is 540 g/mol. The van der Waals surface area contributed by atoms with Gasteiger partial charge in [-0.25, -0.2) is 0 Å². The predicted octanol–water partition coefficient (Wildman–Crippen LogP) is 9.27. The summed E-state index contributed by atoms with van der Waals surface area (Å²) in [4.78, 5) is 10.5. The molecule has 0 spiro atoms. The Hall–Kier alpha value is -0.613. The first-order chi connectivity index (χ1) is 14.3. The molecule has 2 atom stereocenters. The van der Waals surface area contributed by atoms with Crippen molar-refractivity contribution in [1.82, 2.24) is 0 Å². The molecule has 0 bridgehead atoms. The van der Waals surface area contributed by atoms with Gasteiger partial charge in [0.05, 0.1) is 0 Å². The largest absolute Gasteiger partial charge is 4.00 e. The summed E-state index contributed by atoms with van der Waals surface area (Å²) >= 11 is 0. The Bertz CT molecular complexity index is 788. The summed E-state index contributed by atoms with van der Waals surface area (Å²) in [6.07, 6.45) is 2.62. The molecule has 2 aromatic rings. The number of nitrogens with zero attached hydrogens (tertiary/aromatic N) is 2. The van der Waals surface area contributed by atoms with Gasteiger partial charge in [0.15, 0.2) is 0 Å². The molecule has 0 N–H and O–H groups in total. The van der Waals surface area contributed by atoms with Crippen molar-refractivity contribution in [3.05, 3.63) is 89.0 Å². The fourth-order valence-corrected chi connectivity index (χ4v) is 12.6. The minimum absolute atomic E-state index is 0. The summed E-state index contributed by atoms with van der Waals surface area (Å²) in [5.41, 5.74) is 3.73. The van der Waals surface area contributed by atoms with E-state index in [0.29, 0.717) is 5.54 Å². The van der Waals surface area contributed by atoms with E-state index in [4.69, 9.17) is 9.96 Å². The quantitative estimate of drug-likeness (QED) is 0.266. The van der Waals surface area contributed by atoms with Crippen LogP contribution in [0.15, 0.2) is 60.7 Å². The number of hydrogen-bond donors (Lipinski definition) is 0. The fourth-order valence-electron chi connectivity index (χ4n) is 5.19. The minimum atomic E-state index is -1.68. The summed E-state index contributed by atoms with van der Waals surface area (Å²) in [5, 5.41) is 0. The molecular weight excluding hydrogens is 500 g/mol. The Morgan fingerprint density at radius 2 is 1.25 bits per heavy atom. The van der Waals surface area contributed by atoms with Gasteiger partial charge in [-0.2, -0.15) is 42.6 Å². The van der Waals surface area contributed by atoms with Crippen LogP contribution in [-0.4, -0.2) is 22.0 Å². The number of benzene rings is 2. The van der Waals surface area contributed by atoms with Gasteiger partial charge in [-0.05, 0) is 0 Å². The second-order valence-electron chi connectivity index (χ2n) is 10.9. The summed E-state index contributed by atoms with van der Waals surface area (Å²) in [7, 11) is -3.30. The molecule has 3 rings (SSSR count). The van der Waals surface area contributed by atoms with E-state index >= 15 is 0 Å². The van der Waals surface area contributed by atoms with Crippen LogP contribution >= 0.6 is 0 Å². The second-order valence-corrected chi connectivity index (χ2v) is 19.4. The van der Waals surface area contributed by atoms with Crippen molar-refractivity contribution in [1.29, 1.82) is 0 Å². The van der Waals surface area contributed by atoms with E-state index in [-0.39, 0.29) is 31.7 Å². The molecule has 1 aliphatic carbocycles. The molecule has 0 amide bonds. The first-order valence-corrected chi connectivity index (χ1v) is 17.6.